The van der Waals surface area contributed by atoms with E-state index in [1.807, 2.05) is 26.1 Å². The van der Waals surface area contributed by atoms with Gasteiger partial charge in [-0.15, -0.1) is 0 Å². The van der Waals surface area contributed by atoms with Crippen LogP contribution in [0, 0.1) is 17.8 Å². The van der Waals surface area contributed by atoms with Gasteiger partial charge in [0.15, 0.2) is 0 Å². The predicted octanol–water partition coefficient (Wildman–Crippen LogP) is 11.6. The highest BCUT2D eigenvalue weighted by atomic mass is 32.1. The summed E-state index contributed by atoms with van der Waals surface area (Å²) in [6, 6.07) is 0. The van der Waals surface area contributed by atoms with Gasteiger partial charge >= 0.3 is 0 Å². The van der Waals surface area contributed by atoms with Crippen LogP contribution in [-0.4, -0.2) is 10.7 Å². The molecule has 0 saturated heterocycles. The van der Waals surface area contributed by atoms with Gasteiger partial charge in [-0.2, -0.15) is 0 Å². The second kappa shape index (κ2) is 32.4. The third-order valence-electron chi connectivity index (χ3n) is 6.48. The zero-order valence-corrected chi connectivity index (χ0v) is 24.4. The average molecular weight is 473 g/mol. The summed E-state index contributed by atoms with van der Waals surface area (Å²) in [5, 5.41) is 3.40. The summed E-state index contributed by atoms with van der Waals surface area (Å²) in [6.45, 7) is 15.0. The lowest BCUT2D eigenvalue weighted by molar-refractivity contribution is 0.216. The quantitative estimate of drug-likeness (QED) is 0.254. The molecule has 2 heteroatoms. The molecule has 188 valence electrons. The topological polar surface area (TPSA) is 0 Å². The standard InChI is InChI=1S/C11H22.C8H16.C6H12S.C2H4S.C2H6/c1-3-7-11-9-6-5-8-10(11)4-2;1-2-8-6-4-3-5-7-8;1-2-3-4-5-6-7;1-2-3;1-2/h10-11H,3-9H2,1-2H3;8H,2-7H2,1H3;6H,2-5H2,1H3;2H,1H3;1-2H3. The van der Waals surface area contributed by atoms with Crippen molar-refractivity contribution in [2.24, 2.45) is 17.8 Å². The number of hydrogen-bond donors (Lipinski definition) is 0. The van der Waals surface area contributed by atoms with Crippen LogP contribution >= 0.6 is 24.4 Å². The molecule has 2 saturated carbocycles. The van der Waals surface area contributed by atoms with Gasteiger partial charge in [-0.1, -0.05) is 162 Å². The molecule has 0 aromatic heterocycles. The zero-order valence-electron chi connectivity index (χ0n) is 22.7. The van der Waals surface area contributed by atoms with Crippen molar-refractivity contribution in [2.75, 3.05) is 0 Å². The summed E-state index contributed by atoms with van der Waals surface area (Å²) in [6.07, 6.45) is 24.3. The first kappa shape index (κ1) is 35.8. The Balaban J connectivity index is -0.000000351. The number of thiocarbonyl (C=S) groups is 2. The molecular weight excluding hydrogens is 412 g/mol. The number of rotatable bonds is 8. The lowest BCUT2D eigenvalue weighted by atomic mass is 9.76. The normalized spacial score (nSPS) is 20.1. The van der Waals surface area contributed by atoms with Crippen LogP contribution in [0.3, 0.4) is 0 Å². The second-order valence-corrected chi connectivity index (χ2v) is 9.62. The number of unbranched alkanes of at least 4 members (excludes halogenated alkanes) is 3. The van der Waals surface area contributed by atoms with Crippen LogP contribution in [0.4, 0.5) is 0 Å². The van der Waals surface area contributed by atoms with Crippen LogP contribution in [0.15, 0.2) is 0 Å². The summed E-state index contributed by atoms with van der Waals surface area (Å²) < 4.78 is 0. The molecule has 0 nitrogen and oxygen atoms in total. The predicted molar refractivity (Wildman–Crippen MR) is 156 cm³/mol. The minimum atomic E-state index is 1.07. The van der Waals surface area contributed by atoms with Crippen LogP contribution in [0.1, 0.15) is 158 Å². The van der Waals surface area contributed by atoms with Gasteiger partial charge in [0, 0.05) is 0 Å². The minimum Gasteiger partial charge on any atom is -0.0938 e. The molecule has 0 aromatic carbocycles. The molecule has 0 amide bonds. The fraction of sp³-hybridized carbons (Fsp3) is 0.931. The van der Waals surface area contributed by atoms with Gasteiger partial charge < -0.3 is 0 Å². The molecule has 31 heavy (non-hydrogen) atoms. The van der Waals surface area contributed by atoms with E-state index in [2.05, 4.69) is 52.1 Å². The van der Waals surface area contributed by atoms with Gasteiger partial charge in [-0.25, -0.2) is 0 Å². The van der Waals surface area contributed by atoms with Crippen molar-refractivity contribution in [1.29, 1.82) is 0 Å². The molecule has 2 fully saturated rings. The van der Waals surface area contributed by atoms with Crippen molar-refractivity contribution in [3.8, 4) is 0 Å². The third kappa shape index (κ3) is 26.3. The Kier molecular flexibility index (Phi) is 37.3. The van der Waals surface area contributed by atoms with E-state index in [4.69, 9.17) is 0 Å². The monoisotopic (exact) mass is 472 g/mol. The Labute approximate surface area is 210 Å². The van der Waals surface area contributed by atoms with Crippen LogP contribution in [0.25, 0.3) is 0 Å². The molecule has 0 aromatic rings. The molecule has 0 aliphatic heterocycles. The SMILES string of the molecule is CC.CC=S.CCC1CCCCC1.CCCC1CCCCC1CC.CCCCCC=S. The molecule has 0 radical (unpaired) electrons. The lowest BCUT2D eigenvalue weighted by Gasteiger charge is -2.30. The minimum absolute atomic E-state index is 1.07. The Morgan fingerprint density at radius 3 is 1.58 bits per heavy atom. The van der Waals surface area contributed by atoms with Crippen molar-refractivity contribution in [3.05, 3.63) is 0 Å². The van der Waals surface area contributed by atoms with Crippen molar-refractivity contribution in [2.45, 2.75) is 158 Å². The Bertz CT molecular complexity index is 319. The van der Waals surface area contributed by atoms with Crippen molar-refractivity contribution in [1.82, 2.24) is 0 Å². The maximum Gasteiger partial charge on any atom is -0.0210 e. The molecule has 2 aliphatic rings. The average Bonchev–Trinajstić information content (AvgIpc) is 2.83. The van der Waals surface area contributed by atoms with E-state index in [0.29, 0.717) is 0 Å². The number of hydrogen-bond acceptors (Lipinski definition) is 2. The van der Waals surface area contributed by atoms with E-state index in [-0.39, 0.29) is 0 Å². The van der Waals surface area contributed by atoms with Gasteiger partial charge in [-0.05, 0) is 48.3 Å². The first-order chi connectivity index (χ1) is 15.1. The zero-order chi connectivity index (χ0) is 24.2. The lowest BCUT2D eigenvalue weighted by Crippen LogP contribution is -2.18. The van der Waals surface area contributed by atoms with Crippen LogP contribution in [0.2, 0.25) is 0 Å². The molecule has 2 aliphatic carbocycles. The third-order valence-corrected chi connectivity index (χ3v) is 6.71. The molecule has 2 atom stereocenters. The Morgan fingerprint density at radius 2 is 1.19 bits per heavy atom. The van der Waals surface area contributed by atoms with Gasteiger partial charge in [0.25, 0.3) is 0 Å². The largest absolute Gasteiger partial charge is 0.0938 e. The summed E-state index contributed by atoms with van der Waals surface area (Å²) >= 11 is 8.91. The fourth-order valence-electron chi connectivity index (χ4n) is 4.65. The maximum atomic E-state index is 4.64. The molecule has 2 rings (SSSR count). The molecule has 0 spiro atoms. The summed E-state index contributed by atoms with van der Waals surface area (Å²) in [7, 11) is 0. The van der Waals surface area contributed by atoms with Crippen molar-refractivity contribution in [3.63, 3.8) is 0 Å². The summed E-state index contributed by atoms with van der Waals surface area (Å²) in [5.41, 5.74) is 0. The van der Waals surface area contributed by atoms with Gasteiger partial charge in [-0.3, -0.25) is 0 Å². The van der Waals surface area contributed by atoms with Crippen LogP contribution < -0.4 is 0 Å². The fourth-order valence-corrected chi connectivity index (χ4v) is 4.81. The molecule has 0 bridgehead atoms. The van der Waals surface area contributed by atoms with Crippen molar-refractivity contribution >= 4 is 35.2 Å². The first-order valence-electron chi connectivity index (χ1n) is 14.0. The van der Waals surface area contributed by atoms with Gasteiger partial charge in [0.1, 0.15) is 0 Å². The molecule has 0 heterocycles. The molecular formula is C29H60S2. The van der Waals surface area contributed by atoms with Gasteiger partial charge in [0.05, 0.1) is 0 Å². The van der Waals surface area contributed by atoms with Crippen LogP contribution in [-0.2, 0) is 0 Å². The summed E-state index contributed by atoms with van der Waals surface area (Å²) in [5.74, 6) is 3.24. The first-order valence-corrected chi connectivity index (χ1v) is 14.9. The maximum absolute atomic E-state index is 4.64. The highest BCUT2D eigenvalue weighted by Crippen LogP contribution is 2.34. The highest BCUT2D eigenvalue weighted by molar-refractivity contribution is 7.79. The van der Waals surface area contributed by atoms with Crippen LogP contribution in [0.5, 0.6) is 0 Å². The second-order valence-electron chi connectivity index (χ2n) is 8.81. The Morgan fingerprint density at radius 1 is 0.677 bits per heavy atom. The van der Waals surface area contributed by atoms with E-state index < -0.39 is 0 Å². The molecule has 2 unspecified atom stereocenters. The smallest absolute Gasteiger partial charge is 0.0210 e. The van der Waals surface area contributed by atoms with E-state index in [0.717, 1.165) is 24.2 Å². The molecule has 0 N–H and O–H groups in total. The highest BCUT2D eigenvalue weighted by Gasteiger charge is 2.22. The Hall–Kier alpha value is 0.180. The van der Waals surface area contributed by atoms with Crippen molar-refractivity contribution < 1.29 is 0 Å². The van der Waals surface area contributed by atoms with E-state index >= 15 is 0 Å². The van der Waals surface area contributed by atoms with E-state index in [1.54, 1.807) is 5.37 Å². The van der Waals surface area contributed by atoms with Gasteiger partial charge in [0.2, 0.25) is 0 Å². The summed E-state index contributed by atoms with van der Waals surface area (Å²) in [4.78, 5) is 0. The van der Waals surface area contributed by atoms with E-state index in [1.165, 1.54) is 103 Å². The van der Waals surface area contributed by atoms with E-state index in [9.17, 15) is 0 Å².